The van der Waals surface area contributed by atoms with E-state index in [0.29, 0.717) is 42.0 Å². The van der Waals surface area contributed by atoms with Gasteiger partial charge < -0.3 is 30.6 Å². The van der Waals surface area contributed by atoms with E-state index in [1.54, 1.807) is 46.1 Å². The van der Waals surface area contributed by atoms with Crippen molar-refractivity contribution in [3.63, 3.8) is 0 Å². The fourth-order valence-corrected chi connectivity index (χ4v) is 2.79. The summed E-state index contributed by atoms with van der Waals surface area (Å²) in [5, 5.41) is 9.01. The van der Waals surface area contributed by atoms with Crippen molar-refractivity contribution < 1.29 is 19.0 Å². The highest BCUT2D eigenvalue weighted by Crippen LogP contribution is 2.25. The topological polar surface area (TPSA) is 133 Å². The first kappa shape index (κ1) is 24.6. The lowest BCUT2D eigenvalue weighted by Gasteiger charge is -2.19. The molecule has 0 aliphatic carbocycles. The third kappa shape index (κ3) is 7.82. The van der Waals surface area contributed by atoms with Crippen molar-refractivity contribution in [3.05, 3.63) is 54.7 Å². The Morgan fingerprint density at radius 3 is 2.44 bits per heavy atom. The Balaban J connectivity index is 1.66. The van der Waals surface area contributed by atoms with Gasteiger partial charge >= 0.3 is 6.09 Å². The molecule has 10 nitrogen and oxygen atoms in total. The number of anilines is 6. The van der Waals surface area contributed by atoms with E-state index in [1.807, 2.05) is 30.3 Å². The van der Waals surface area contributed by atoms with Gasteiger partial charge in [-0.05, 0) is 63.2 Å². The summed E-state index contributed by atoms with van der Waals surface area (Å²) in [7, 11) is 1.63. The van der Waals surface area contributed by atoms with Crippen LogP contribution in [0, 0.1) is 0 Å². The molecule has 0 saturated heterocycles. The minimum Gasteiger partial charge on any atom is -0.491 e. The minimum absolute atomic E-state index is 0.368. The Morgan fingerprint density at radius 1 is 1.00 bits per heavy atom. The minimum atomic E-state index is -0.587. The van der Waals surface area contributed by atoms with Crippen molar-refractivity contribution in [3.8, 4) is 5.75 Å². The molecule has 0 radical (unpaired) electrons. The number of carbonyl (C=O) groups excluding carboxylic acids is 1. The van der Waals surface area contributed by atoms with E-state index in [4.69, 9.17) is 19.9 Å². The molecule has 180 valence electrons. The van der Waals surface area contributed by atoms with Crippen molar-refractivity contribution in [2.45, 2.75) is 26.4 Å². The van der Waals surface area contributed by atoms with Gasteiger partial charge in [0.2, 0.25) is 5.95 Å². The average Bonchev–Trinajstić information content (AvgIpc) is 2.76. The first-order chi connectivity index (χ1) is 16.2. The lowest BCUT2D eigenvalue weighted by molar-refractivity contribution is 0.0636. The number of amides is 1. The number of hydrogen-bond donors (Lipinski definition) is 4. The summed E-state index contributed by atoms with van der Waals surface area (Å²) in [5.41, 5.74) is 7.89. The standard InChI is InChI=1S/C24H30N6O4/c1-24(2,3)34-23(31)29-18-7-5-6-17(14-18)27-21-20(25)15-26-22(30-21)28-16-8-10-19(11-9-16)33-13-12-32-4/h5-11,14-15H,12-13,25H2,1-4H3,(H,29,31)(H2,26,27,28,30). The van der Waals surface area contributed by atoms with E-state index in [0.717, 1.165) is 11.4 Å². The van der Waals surface area contributed by atoms with Gasteiger partial charge in [-0.25, -0.2) is 9.78 Å². The average molecular weight is 467 g/mol. The van der Waals surface area contributed by atoms with Crippen LogP contribution in [0.15, 0.2) is 54.7 Å². The molecule has 1 heterocycles. The zero-order valence-corrected chi connectivity index (χ0v) is 19.7. The van der Waals surface area contributed by atoms with E-state index >= 15 is 0 Å². The third-order valence-electron chi connectivity index (χ3n) is 4.25. The lowest BCUT2D eigenvalue weighted by atomic mass is 10.2. The van der Waals surface area contributed by atoms with Gasteiger partial charge in [-0.1, -0.05) is 6.07 Å². The predicted octanol–water partition coefficient (Wildman–Crippen LogP) is 4.92. The van der Waals surface area contributed by atoms with Gasteiger partial charge in [0.25, 0.3) is 0 Å². The SMILES string of the molecule is COCCOc1ccc(Nc2ncc(N)c(Nc3cccc(NC(=O)OC(C)(C)C)c3)n2)cc1. The van der Waals surface area contributed by atoms with Crippen molar-refractivity contribution in [1.82, 2.24) is 9.97 Å². The van der Waals surface area contributed by atoms with Crippen LogP contribution in [-0.4, -0.2) is 42.0 Å². The normalized spacial score (nSPS) is 10.9. The maximum atomic E-state index is 12.0. The highest BCUT2D eigenvalue weighted by atomic mass is 16.6. The number of methoxy groups -OCH3 is 1. The summed E-state index contributed by atoms with van der Waals surface area (Å²) in [6.07, 6.45) is 0.982. The molecule has 0 bridgehead atoms. The number of aromatic nitrogens is 2. The fraction of sp³-hybridized carbons (Fsp3) is 0.292. The Labute approximate surface area is 198 Å². The molecule has 34 heavy (non-hydrogen) atoms. The molecule has 10 heteroatoms. The van der Waals surface area contributed by atoms with Gasteiger partial charge in [-0.15, -0.1) is 0 Å². The van der Waals surface area contributed by atoms with Crippen molar-refractivity contribution in [2.24, 2.45) is 0 Å². The molecule has 1 amide bonds. The summed E-state index contributed by atoms with van der Waals surface area (Å²) < 4.78 is 15.8. The van der Waals surface area contributed by atoms with E-state index < -0.39 is 11.7 Å². The molecule has 1 aromatic heterocycles. The summed E-state index contributed by atoms with van der Waals surface area (Å²) in [4.78, 5) is 20.7. The first-order valence-corrected chi connectivity index (χ1v) is 10.7. The van der Waals surface area contributed by atoms with Crippen molar-refractivity contribution in [1.29, 1.82) is 0 Å². The molecule has 0 atom stereocenters. The molecule has 2 aromatic carbocycles. The van der Waals surface area contributed by atoms with E-state index in [1.165, 1.54) is 6.20 Å². The molecule has 0 aliphatic rings. The van der Waals surface area contributed by atoms with E-state index in [-0.39, 0.29) is 0 Å². The molecule has 3 rings (SSSR count). The van der Waals surface area contributed by atoms with Gasteiger partial charge in [0, 0.05) is 24.2 Å². The molecule has 0 fully saturated rings. The fourth-order valence-electron chi connectivity index (χ4n) is 2.79. The molecule has 0 aliphatic heterocycles. The second kappa shape index (κ2) is 11.2. The van der Waals surface area contributed by atoms with Crippen LogP contribution in [0.25, 0.3) is 0 Å². The smallest absolute Gasteiger partial charge is 0.412 e. The van der Waals surface area contributed by atoms with Gasteiger partial charge in [0.05, 0.1) is 18.5 Å². The molecule has 5 N–H and O–H groups in total. The Kier molecular flexibility index (Phi) is 8.10. The summed E-state index contributed by atoms with van der Waals surface area (Å²) >= 11 is 0. The maximum Gasteiger partial charge on any atom is 0.412 e. The number of carbonyl (C=O) groups is 1. The number of nitrogen functional groups attached to an aromatic ring is 1. The van der Waals surface area contributed by atoms with Crippen molar-refractivity contribution >= 4 is 40.6 Å². The highest BCUT2D eigenvalue weighted by Gasteiger charge is 2.16. The Bertz CT molecular complexity index is 1100. The molecular formula is C24H30N6O4. The predicted molar refractivity (Wildman–Crippen MR) is 133 cm³/mol. The zero-order chi connectivity index (χ0) is 24.6. The van der Waals surface area contributed by atoms with Gasteiger partial charge in [0.1, 0.15) is 18.0 Å². The number of nitrogens with two attached hydrogens (primary N) is 1. The van der Waals surface area contributed by atoms with Crippen LogP contribution >= 0.6 is 0 Å². The second-order valence-electron chi connectivity index (χ2n) is 8.32. The molecule has 0 saturated carbocycles. The monoisotopic (exact) mass is 466 g/mol. The van der Waals surface area contributed by atoms with Crippen LogP contribution in [0.2, 0.25) is 0 Å². The third-order valence-corrected chi connectivity index (χ3v) is 4.25. The molecule has 0 spiro atoms. The molecule has 0 unspecified atom stereocenters. The van der Waals surface area contributed by atoms with Gasteiger partial charge in [0.15, 0.2) is 5.82 Å². The van der Waals surface area contributed by atoms with Crippen LogP contribution in [0.5, 0.6) is 5.75 Å². The zero-order valence-electron chi connectivity index (χ0n) is 19.7. The maximum absolute atomic E-state index is 12.0. The summed E-state index contributed by atoms with van der Waals surface area (Å²) in [6, 6.07) is 14.5. The summed E-state index contributed by atoms with van der Waals surface area (Å²) in [6.45, 7) is 6.42. The van der Waals surface area contributed by atoms with Crippen LogP contribution in [-0.2, 0) is 9.47 Å². The lowest BCUT2D eigenvalue weighted by Crippen LogP contribution is -2.27. The number of rotatable bonds is 9. The van der Waals surface area contributed by atoms with Crippen LogP contribution in [0.3, 0.4) is 0 Å². The molecule has 3 aromatic rings. The van der Waals surface area contributed by atoms with E-state index in [9.17, 15) is 4.79 Å². The Hall–Kier alpha value is -4.05. The quantitative estimate of drug-likeness (QED) is 0.324. The number of ether oxygens (including phenoxy) is 3. The van der Waals surface area contributed by atoms with E-state index in [2.05, 4.69) is 25.9 Å². The molecular weight excluding hydrogens is 436 g/mol. The number of benzene rings is 2. The van der Waals surface area contributed by atoms with Gasteiger partial charge in [-0.3, -0.25) is 5.32 Å². The highest BCUT2D eigenvalue weighted by molar-refractivity contribution is 5.86. The largest absolute Gasteiger partial charge is 0.491 e. The van der Waals surface area contributed by atoms with Crippen LogP contribution in [0.4, 0.5) is 39.3 Å². The summed E-state index contributed by atoms with van der Waals surface area (Å²) in [5.74, 6) is 1.53. The first-order valence-electron chi connectivity index (χ1n) is 10.7. The number of nitrogens with zero attached hydrogens (tertiary/aromatic N) is 2. The van der Waals surface area contributed by atoms with Crippen LogP contribution in [0.1, 0.15) is 20.8 Å². The van der Waals surface area contributed by atoms with Crippen molar-refractivity contribution in [2.75, 3.05) is 42.0 Å². The van der Waals surface area contributed by atoms with Crippen LogP contribution < -0.4 is 26.4 Å². The number of hydrogen-bond acceptors (Lipinski definition) is 9. The van der Waals surface area contributed by atoms with Gasteiger partial charge in [-0.2, -0.15) is 4.98 Å². The number of nitrogens with one attached hydrogen (secondary N) is 3. The Morgan fingerprint density at radius 2 is 1.74 bits per heavy atom. The second-order valence-corrected chi connectivity index (χ2v) is 8.32.